The maximum atomic E-state index is 4.49. The zero-order chi connectivity index (χ0) is 19.6. The molecule has 7 nitrogen and oxygen atoms in total. The number of aryl methyl sites for hydroxylation is 1. The van der Waals surface area contributed by atoms with Gasteiger partial charge in [-0.25, -0.2) is 4.98 Å². The van der Waals surface area contributed by atoms with E-state index in [0.29, 0.717) is 5.92 Å². The molecule has 0 saturated carbocycles. The molecule has 3 aromatic heterocycles. The number of anilines is 1. The molecule has 1 N–H and O–H groups in total. The Kier molecular flexibility index (Phi) is 4.56. The van der Waals surface area contributed by atoms with Crippen LogP contribution in [0.25, 0.3) is 22.6 Å². The highest BCUT2D eigenvalue weighted by Crippen LogP contribution is 2.34. The quantitative estimate of drug-likeness (QED) is 0.580. The van der Waals surface area contributed by atoms with Crippen LogP contribution in [-0.2, 0) is 7.05 Å². The van der Waals surface area contributed by atoms with Crippen LogP contribution in [0.3, 0.4) is 0 Å². The van der Waals surface area contributed by atoms with E-state index in [-0.39, 0.29) is 0 Å². The van der Waals surface area contributed by atoms with Crippen LogP contribution in [0.15, 0.2) is 61.1 Å². The van der Waals surface area contributed by atoms with Crippen molar-refractivity contribution >= 4 is 5.82 Å². The fourth-order valence-corrected chi connectivity index (χ4v) is 4.10. The molecular weight excluding hydrogens is 362 g/mol. The zero-order valence-corrected chi connectivity index (χ0v) is 16.4. The van der Waals surface area contributed by atoms with Crippen molar-refractivity contribution in [1.29, 1.82) is 0 Å². The molecule has 1 atom stereocenters. The number of nitrogens with one attached hydrogen (secondary N) is 1. The molecule has 4 heterocycles. The SMILES string of the molecule is Cn1ccnc1-c1ccc(N2CCCC(c3[nH]ncc3-c3ccccc3)C2)nn1. The molecule has 5 rings (SSSR count). The molecule has 1 fully saturated rings. The van der Waals surface area contributed by atoms with Gasteiger partial charge >= 0.3 is 0 Å². The van der Waals surface area contributed by atoms with Gasteiger partial charge in [-0.1, -0.05) is 30.3 Å². The van der Waals surface area contributed by atoms with Crippen LogP contribution < -0.4 is 4.90 Å². The summed E-state index contributed by atoms with van der Waals surface area (Å²) in [5.41, 5.74) is 4.38. The summed E-state index contributed by atoms with van der Waals surface area (Å²) in [7, 11) is 1.96. The minimum Gasteiger partial charge on any atom is -0.354 e. The Morgan fingerprint density at radius 3 is 2.72 bits per heavy atom. The van der Waals surface area contributed by atoms with Crippen LogP contribution in [0.5, 0.6) is 0 Å². The van der Waals surface area contributed by atoms with Crippen LogP contribution in [0.4, 0.5) is 5.82 Å². The Hall–Kier alpha value is -3.48. The summed E-state index contributed by atoms with van der Waals surface area (Å²) in [5.74, 6) is 2.12. The Morgan fingerprint density at radius 1 is 1.07 bits per heavy atom. The highest BCUT2D eigenvalue weighted by Gasteiger charge is 2.26. The number of piperidine rings is 1. The number of rotatable bonds is 4. The molecule has 1 aliphatic rings. The third-order valence-electron chi connectivity index (χ3n) is 5.61. The lowest BCUT2D eigenvalue weighted by molar-refractivity contribution is 0.497. The number of aromatic nitrogens is 6. The third-order valence-corrected chi connectivity index (χ3v) is 5.61. The van der Waals surface area contributed by atoms with E-state index in [0.717, 1.165) is 43.3 Å². The third kappa shape index (κ3) is 3.40. The molecule has 0 amide bonds. The van der Waals surface area contributed by atoms with E-state index in [4.69, 9.17) is 0 Å². The van der Waals surface area contributed by atoms with Gasteiger partial charge in [-0.2, -0.15) is 5.10 Å². The molecule has 1 aliphatic heterocycles. The molecular formula is C22H23N7. The van der Waals surface area contributed by atoms with Crippen LogP contribution >= 0.6 is 0 Å². The lowest BCUT2D eigenvalue weighted by atomic mass is 9.90. The number of aromatic amines is 1. The van der Waals surface area contributed by atoms with Crippen molar-refractivity contribution in [2.75, 3.05) is 18.0 Å². The average Bonchev–Trinajstić information content (AvgIpc) is 3.44. The van der Waals surface area contributed by atoms with Crippen molar-refractivity contribution in [2.45, 2.75) is 18.8 Å². The van der Waals surface area contributed by atoms with Gasteiger partial charge in [0, 0.05) is 49.7 Å². The molecule has 4 aromatic rings. The van der Waals surface area contributed by atoms with E-state index in [1.54, 1.807) is 6.20 Å². The number of hydrogen-bond acceptors (Lipinski definition) is 5. The second-order valence-corrected chi connectivity index (χ2v) is 7.49. The summed E-state index contributed by atoms with van der Waals surface area (Å²) in [6, 6.07) is 14.5. The van der Waals surface area contributed by atoms with Crippen molar-refractivity contribution in [3.63, 3.8) is 0 Å². The first-order valence-electron chi connectivity index (χ1n) is 9.94. The van der Waals surface area contributed by atoms with Crippen molar-refractivity contribution in [1.82, 2.24) is 29.9 Å². The maximum absolute atomic E-state index is 4.49. The summed E-state index contributed by atoms with van der Waals surface area (Å²) < 4.78 is 1.95. The van der Waals surface area contributed by atoms with E-state index in [1.807, 2.05) is 42.2 Å². The minimum atomic E-state index is 0.387. The molecule has 1 saturated heterocycles. The monoisotopic (exact) mass is 385 g/mol. The van der Waals surface area contributed by atoms with Crippen LogP contribution in [0.2, 0.25) is 0 Å². The van der Waals surface area contributed by atoms with Gasteiger partial charge in [0.05, 0.1) is 6.20 Å². The first-order valence-corrected chi connectivity index (χ1v) is 9.94. The number of hydrogen-bond donors (Lipinski definition) is 1. The van der Waals surface area contributed by atoms with Gasteiger partial charge in [-0.05, 0) is 30.5 Å². The molecule has 146 valence electrons. The van der Waals surface area contributed by atoms with E-state index in [2.05, 4.69) is 54.5 Å². The second-order valence-electron chi connectivity index (χ2n) is 7.49. The van der Waals surface area contributed by atoms with Gasteiger partial charge in [0.15, 0.2) is 11.6 Å². The fraction of sp³-hybridized carbons (Fsp3) is 0.273. The zero-order valence-electron chi connectivity index (χ0n) is 16.4. The Bertz CT molecular complexity index is 1080. The largest absolute Gasteiger partial charge is 0.354 e. The summed E-state index contributed by atoms with van der Waals surface area (Å²) >= 11 is 0. The van der Waals surface area contributed by atoms with Crippen molar-refractivity contribution in [3.8, 4) is 22.6 Å². The van der Waals surface area contributed by atoms with Crippen molar-refractivity contribution < 1.29 is 0 Å². The molecule has 1 aromatic carbocycles. The van der Waals surface area contributed by atoms with Crippen molar-refractivity contribution in [3.05, 3.63) is 66.7 Å². The predicted octanol–water partition coefficient (Wildman–Crippen LogP) is 3.65. The Labute approximate surface area is 169 Å². The van der Waals surface area contributed by atoms with Gasteiger partial charge in [-0.15, -0.1) is 10.2 Å². The topological polar surface area (TPSA) is 75.5 Å². The van der Waals surface area contributed by atoms with Gasteiger partial charge in [0.2, 0.25) is 0 Å². The minimum absolute atomic E-state index is 0.387. The predicted molar refractivity (Wildman–Crippen MR) is 112 cm³/mol. The molecule has 7 heteroatoms. The fourth-order valence-electron chi connectivity index (χ4n) is 4.10. The summed E-state index contributed by atoms with van der Waals surface area (Å²) in [6.07, 6.45) is 7.87. The van der Waals surface area contributed by atoms with Gasteiger partial charge in [0.25, 0.3) is 0 Å². The first-order chi connectivity index (χ1) is 14.3. The average molecular weight is 385 g/mol. The lowest BCUT2D eigenvalue weighted by Gasteiger charge is -2.33. The molecule has 0 spiro atoms. The Balaban J connectivity index is 1.37. The summed E-state index contributed by atoms with van der Waals surface area (Å²) in [6.45, 7) is 1.89. The molecule has 0 bridgehead atoms. The molecule has 29 heavy (non-hydrogen) atoms. The van der Waals surface area contributed by atoms with E-state index in [1.165, 1.54) is 16.8 Å². The van der Waals surface area contributed by atoms with Gasteiger partial charge in [-0.3, -0.25) is 5.10 Å². The maximum Gasteiger partial charge on any atom is 0.160 e. The second kappa shape index (κ2) is 7.50. The summed E-state index contributed by atoms with van der Waals surface area (Å²) in [5, 5.41) is 16.5. The van der Waals surface area contributed by atoms with Crippen LogP contribution in [0, 0.1) is 0 Å². The normalized spacial score (nSPS) is 16.9. The molecule has 0 radical (unpaired) electrons. The number of H-pyrrole nitrogens is 1. The smallest absolute Gasteiger partial charge is 0.160 e. The highest BCUT2D eigenvalue weighted by atomic mass is 15.3. The van der Waals surface area contributed by atoms with Gasteiger partial charge < -0.3 is 9.47 Å². The molecule has 1 unspecified atom stereocenters. The van der Waals surface area contributed by atoms with Crippen LogP contribution in [0.1, 0.15) is 24.5 Å². The standard InChI is InChI=1S/C22H23N7/c1-28-13-11-23-22(28)19-9-10-20(26-25-19)29-12-5-8-17(15-29)21-18(14-24-27-21)16-6-3-2-4-7-16/h2-4,6-7,9-11,13-14,17H,5,8,12,15H2,1H3,(H,24,27). The van der Waals surface area contributed by atoms with E-state index in [9.17, 15) is 0 Å². The van der Waals surface area contributed by atoms with Crippen LogP contribution in [-0.4, -0.2) is 43.0 Å². The Morgan fingerprint density at radius 2 is 1.97 bits per heavy atom. The number of nitrogens with zero attached hydrogens (tertiary/aromatic N) is 6. The lowest BCUT2D eigenvalue weighted by Crippen LogP contribution is -2.35. The first kappa shape index (κ1) is 17.6. The molecule has 0 aliphatic carbocycles. The number of imidazole rings is 1. The van der Waals surface area contributed by atoms with Crippen molar-refractivity contribution in [2.24, 2.45) is 7.05 Å². The van der Waals surface area contributed by atoms with Gasteiger partial charge in [0.1, 0.15) is 5.69 Å². The number of benzene rings is 1. The van der Waals surface area contributed by atoms with E-state index < -0.39 is 0 Å². The highest BCUT2D eigenvalue weighted by molar-refractivity contribution is 5.66. The summed E-state index contributed by atoms with van der Waals surface area (Å²) in [4.78, 5) is 6.67. The van der Waals surface area contributed by atoms with E-state index >= 15 is 0 Å².